The zero-order chi connectivity index (χ0) is 13.4. The number of likely N-dealkylation sites (tertiary alicyclic amines) is 1. The molecule has 1 aliphatic rings. The summed E-state index contributed by atoms with van der Waals surface area (Å²) < 4.78 is 2.24. The van der Waals surface area contributed by atoms with E-state index in [-0.39, 0.29) is 0 Å². The van der Waals surface area contributed by atoms with Gasteiger partial charge in [-0.05, 0) is 40.3 Å². The van der Waals surface area contributed by atoms with E-state index >= 15 is 0 Å². The molecule has 3 rings (SSSR count). The topological polar surface area (TPSA) is 32.6 Å². The van der Waals surface area contributed by atoms with Crippen LogP contribution in [0.15, 0.2) is 6.20 Å². The maximum Gasteiger partial charge on any atom is 0.194 e. The summed E-state index contributed by atoms with van der Waals surface area (Å²) in [6, 6.07) is 0.614. The number of aryl methyl sites for hydroxylation is 2. The Hall–Kier alpha value is -0.910. The van der Waals surface area contributed by atoms with E-state index in [9.17, 15) is 0 Å². The van der Waals surface area contributed by atoms with Crippen LogP contribution in [-0.4, -0.2) is 40.5 Å². The molecule has 1 unspecified atom stereocenters. The molecular formula is C14H22N4S. The van der Waals surface area contributed by atoms with E-state index in [0.717, 1.165) is 23.7 Å². The number of likely N-dealkylation sites (N-methyl/N-ethyl adjacent to an activating group) is 1. The highest BCUT2D eigenvalue weighted by Gasteiger charge is 2.18. The van der Waals surface area contributed by atoms with Crippen LogP contribution >= 0.6 is 11.3 Å². The lowest BCUT2D eigenvalue weighted by Crippen LogP contribution is -2.43. The van der Waals surface area contributed by atoms with E-state index in [1.165, 1.54) is 30.0 Å². The molecule has 0 bridgehead atoms. The first kappa shape index (κ1) is 13.1. The molecule has 19 heavy (non-hydrogen) atoms. The number of hydrogen-bond acceptors (Lipinski definition) is 4. The van der Waals surface area contributed by atoms with Gasteiger partial charge < -0.3 is 10.2 Å². The highest BCUT2D eigenvalue weighted by molar-refractivity contribution is 7.17. The third-order valence-corrected chi connectivity index (χ3v) is 4.82. The minimum atomic E-state index is 0.614. The van der Waals surface area contributed by atoms with Gasteiger partial charge in [-0.25, -0.2) is 4.98 Å². The summed E-state index contributed by atoms with van der Waals surface area (Å²) >= 11 is 1.76. The van der Waals surface area contributed by atoms with Gasteiger partial charge in [0.1, 0.15) is 0 Å². The zero-order valence-electron chi connectivity index (χ0n) is 11.9. The van der Waals surface area contributed by atoms with Crippen molar-refractivity contribution in [3.05, 3.63) is 22.5 Å². The van der Waals surface area contributed by atoms with Crippen LogP contribution in [0.4, 0.5) is 0 Å². The lowest BCUT2D eigenvalue weighted by atomic mass is 10.1. The molecule has 1 atom stereocenters. The monoisotopic (exact) mass is 278 g/mol. The minimum absolute atomic E-state index is 0.614. The molecule has 1 N–H and O–H groups in total. The Labute approximate surface area is 118 Å². The molecule has 4 nitrogen and oxygen atoms in total. The predicted molar refractivity (Wildman–Crippen MR) is 79.9 cm³/mol. The van der Waals surface area contributed by atoms with Crippen molar-refractivity contribution < 1.29 is 0 Å². The van der Waals surface area contributed by atoms with Crippen molar-refractivity contribution in [3.63, 3.8) is 0 Å². The molecular weight excluding hydrogens is 256 g/mol. The number of aromatic nitrogens is 2. The molecule has 1 aliphatic heterocycles. The SMILES string of the molecule is Cc1cn2c(CNC3CCCN(C)C3)c(C)nc2s1. The summed E-state index contributed by atoms with van der Waals surface area (Å²) in [7, 11) is 2.21. The van der Waals surface area contributed by atoms with Gasteiger partial charge in [0.2, 0.25) is 0 Å². The first-order valence-corrected chi connectivity index (χ1v) is 7.81. The zero-order valence-corrected chi connectivity index (χ0v) is 12.8. The Kier molecular flexibility index (Phi) is 3.60. The third kappa shape index (κ3) is 2.68. The molecule has 0 amide bonds. The van der Waals surface area contributed by atoms with E-state index < -0.39 is 0 Å². The van der Waals surface area contributed by atoms with Gasteiger partial charge in [0.05, 0.1) is 11.4 Å². The smallest absolute Gasteiger partial charge is 0.194 e. The second kappa shape index (κ2) is 5.23. The molecule has 0 aromatic carbocycles. The van der Waals surface area contributed by atoms with Crippen LogP contribution in [0.1, 0.15) is 29.1 Å². The average molecular weight is 278 g/mol. The van der Waals surface area contributed by atoms with E-state index in [2.05, 4.69) is 46.7 Å². The molecule has 2 aromatic heterocycles. The fourth-order valence-electron chi connectivity index (χ4n) is 2.90. The Morgan fingerprint density at radius 2 is 2.32 bits per heavy atom. The number of fused-ring (bicyclic) bond motifs is 1. The standard InChI is InChI=1S/C14H22N4S/c1-10-8-18-13(11(2)16-14(18)19-10)7-15-12-5-4-6-17(3)9-12/h8,12,15H,4-7,9H2,1-3H3. The number of rotatable bonds is 3. The van der Waals surface area contributed by atoms with Crippen molar-refractivity contribution >= 4 is 16.3 Å². The van der Waals surface area contributed by atoms with E-state index in [4.69, 9.17) is 0 Å². The average Bonchev–Trinajstić information content (AvgIpc) is 2.82. The molecule has 2 aromatic rings. The van der Waals surface area contributed by atoms with Crippen molar-refractivity contribution in [1.82, 2.24) is 19.6 Å². The molecule has 3 heterocycles. The van der Waals surface area contributed by atoms with Gasteiger partial charge in [0, 0.05) is 30.2 Å². The molecule has 1 saturated heterocycles. The first-order valence-electron chi connectivity index (χ1n) is 6.99. The number of hydrogen-bond donors (Lipinski definition) is 1. The number of thiazole rings is 1. The van der Waals surface area contributed by atoms with Gasteiger partial charge in [-0.15, -0.1) is 11.3 Å². The highest BCUT2D eigenvalue weighted by atomic mass is 32.1. The van der Waals surface area contributed by atoms with Crippen molar-refractivity contribution in [1.29, 1.82) is 0 Å². The van der Waals surface area contributed by atoms with Crippen molar-refractivity contribution in [3.8, 4) is 0 Å². The molecule has 0 radical (unpaired) electrons. The molecule has 5 heteroatoms. The Morgan fingerprint density at radius 3 is 3.11 bits per heavy atom. The number of piperidine rings is 1. The Morgan fingerprint density at radius 1 is 1.47 bits per heavy atom. The van der Waals surface area contributed by atoms with E-state index in [1.807, 2.05) is 0 Å². The maximum absolute atomic E-state index is 4.64. The van der Waals surface area contributed by atoms with E-state index in [1.54, 1.807) is 11.3 Å². The second-order valence-corrected chi connectivity index (χ2v) is 6.83. The van der Waals surface area contributed by atoms with Crippen LogP contribution in [0.25, 0.3) is 4.96 Å². The Balaban J connectivity index is 1.72. The largest absolute Gasteiger partial charge is 0.307 e. The van der Waals surface area contributed by atoms with E-state index in [0.29, 0.717) is 6.04 Å². The molecule has 0 aliphatic carbocycles. The van der Waals surface area contributed by atoms with Crippen LogP contribution in [0.2, 0.25) is 0 Å². The Bertz CT molecular complexity index is 571. The van der Waals surface area contributed by atoms with Gasteiger partial charge in [-0.1, -0.05) is 0 Å². The fourth-order valence-corrected chi connectivity index (χ4v) is 3.79. The molecule has 0 saturated carbocycles. The number of imidazole rings is 1. The van der Waals surface area contributed by atoms with Crippen molar-refractivity contribution in [2.24, 2.45) is 0 Å². The summed E-state index contributed by atoms with van der Waals surface area (Å²) in [6.45, 7) is 7.56. The summed E-state index contributed by atoms with van der Waals surface area (Å²) in [5.41, 5.74) is 2.47. The number of nitrogens with zero attached hydrogens (tertiary/aromatic N) is 3. The van der Waals surface area contributed by atoms with Crippen LogP contribution in [-0.2, 0) is 6.54 Å². The second-order valence-electron chi connectivity index (χ2n) is 5.62. The number of nitrogens with one attached hydrogen (secondary N) is 1. The van der Waals surface area contributed by atoms with Crippen LogP contribution in [0, 0.1) is 13.8 Å². The highest BCUT2D eigenvalue weighted by Crippen LogP contribution is 2.21. The quantitative estimate of drug-likeness (QED) is 0.934. The fraction of sp³-hybridized carbons (Fsp3) is 0.643. The molecule has 104 valence electrons. The summed E-state index contributed by atoms with van der Waals surface area (Å²) in [5, 5.41) is 3.70. The van der Waals surface area contributed by atoms with Gasteiger partial charge in [-0.2, -0.15) is 0 Å². The van der Waals surface area contributed by atoms with Crippen LogP contribution in [0.3, 0.4) is 0 Å². The van der Waals surface area contributed by atoms with Gasteiger partial charge in [0.15, 0.2) is 4.96 Å². The third-order valence-electron chi connectivity index (χ3n) is 3.92. The summed E-state index contributed by atoms with van der Waals surface area (Å²) in [6.07, 6.45) is 4.78. The van der Waals surface area contributed by atoms with Gasteiger partial charge in [0.25, 0.3) is 0 Å². The van der Waals surface area contributed by atoms with Gasteiger partial charge in [-0.3, -0.25) is 4.40 Å². The predicted octanol–water partition coefficient (Wildman–Crippen LogP) is 2.20. The van der Waals surface area contributed by atoms with Crippen molar-refractivity contribution in [2.45, 2.75) is 39.3 Å². The first-order chi connectivity index (χ1) is 9.13. The van der Waals surface area contributed by atoms with Crippen molar-refractivity contribution in [2.75, 3.05) is 20.1 Å². The van der Waals surface area contributed by atoms with Crippen LogP contribution < -0.4 is 5.32 Å². The molecule has 1 fully saturated rings. The normalized spacial score (nSPS) is 21.3. The summed E-state index contributed by atoms with van der Waals surface area (Å²) in [4.78, 5) is 9.49. The minimum Gasteiger partial charge on any atom is -0.307 e. The summed E-state index contributed by atoms with van der Waals surface area (Å²) in [5.74, 6) is 0. The lowest BCUT2D eigenvalue weighted by molar-refractivity contribution is 0.226. The molecule has 0 spiro atoms. The van der Waals surface area contributed by atoms with Gasteiger partial charge >= 0.3 is 0 Å². The van der Waals surface area contributed by atoms with Crippen LogP contribution in [0.5, 0.6) is 0 Å². The lowest BCUT2D eigenvalue weighted by Gasteiger charge is -2.30. The maximum atomic E-state index is 4.64.